The highest BCUT2D eigenvalue weighted by molar-refractivity contribution is 8.26. The lowest BCUT2D eigenvalue weighted by Gasteiger charge is -2.16. The van der Waals surface area contributed by atoms with Crippen LogP contribution in [0.4, 0.5) is 5.69 Å². The second-order valence-electron chi connectivity index (χ2n) is 5.03. The van der Waals surface area contributed by atoms with E-state index in [2.05, 4.69) is 0 Å². The first kappa shape index (κ1) is 15.7. The van der Waals surface area contributed by atoms with Gasteiger partial charge < -0.3 is 0 Å². The molecule has 0 atom stereocenters. The van der Waals surface area contributed by atoms with Crippen molar-refractivity contribution in [2.24, 2.45) is 5.92 Å². The zero-order chi connectivity index (χ0) is 15.6. The molecule has 1 fully saturated rings. The van der Waals surface area contributed by atoms with Crippen molar-refractivity contribution in [3.05, 3.63) is 44.8 Å². The van der Waals surface area contributed by atoms with Crippen LogP contribution in [0.5, 0.6) is 0 Å². The Morgan fingerprint density at radius 1 is 1.38 bits per heavy atom. The Hall–Kier alpha value is -1.73. The van der Waals surface area contributed by atoms with Crippen molar-refractivity contribution in [1.29, 1.82) is 0 Å². The summed E-state index contributed by atoms with van der Waals surface area (Å²) in [4.78, 5) is 24.6. The standard InChI is InChI=1S/C14H14N2O3S2/c1-9(2)8-15-13(17)12(21-14(15)20)7-10-3-5-11(6-4-10)16(18)19/h3-7,9H,8H2,1-2H3/b12-7+. The maximum atomic E-state index is 12.3. The molecule has 0 saturated carbocycles. The Morgan fingerprint density at radius 3 is 2.52 bits per heavy atom. The summed E-state index contributed by atoms with van der Waals surface area (Å²) in [7, 11) is 0. The van der Waals surface area contributed by atoms with Crippen LogP contribution in [0.3, 0.4) is 0 Å². The number of hydrogen-bond donors (Lipinski definition) is 0. The zero-order valence-corrected chi connectivity index (χ0v) is 13.2. The number of amides is 1. The van der Waals surface area contributed by atoms with Crippen molar-refractivity contribution in [3.8, 4) is 0 Å². The smallest absolute Gasteiger partial charge is 0.269 e. The topological polar surface area (TPSA) is 63.5 Å². The molecule has 1 aromatic rings. The molecule has 1 amide bonds. The molecule has 0 N–H and O–H groups in total. The highest BCUT2D eigenvalue weighted by atomic mass is 32.2. The number of nitrogens with zero attached hydrogens (tertiary/aromatic N) is 2. The molecule has 1 aromatic carbocycles. The van der Waals surface area contributed by atoms with Gasteiger partial charge in [-0.25, -0.2) is 0 Å². The van der Waals surface area contributed by atoms with Crippen LogP contribution in [0.2, 0.25) is 0 Å². The van der Waals surface area contributed by atoms with Crippen molar-refractivity contribution in [1.82, 2.24) is 4.90 Å². The average Bonchev–Trinajstić information content (AvgIpc) is 2.67. The van der Waals surface area contributed by atoms with Gasteiger partial charge in [-0.2, -0.15) is 0 Å². The predicted octanol–water partition coefficient (Wildman–Crippen LogP) is 3.45. The first-order chi connectivity index (χ1) is 9.88. The number of thiocarbonyl (C=S) groups is 1. The number of thioether (sulfide) groups is 1. The fourth-order valence-electron chi connectivity index (χ4n) is 1.87. The molecule has 1 saturated heterocycles. The van der Waals surface area contributed by atoms with Crippen molar-refractivity contribution in [3.63, 3.8) is 0 Å². The fraction of sp³-hybridized carbons (Fsp3) is 0.286. The summed E-state index contributed by atoms with van der Waals surface area (Å²) in [5.74, 6) is 0.239. The highest BCUT2D eigenvalue weighted by Crippen LogP contribution is 2.33. The molecule has 0 aliphatic carbocycles. The van der Waals surface area contributed by atoms with E-state index in [9.17, 15) is 14.9 Å². The van der Waals surface area contributed by atoms with Crippen molar-refractivity contribution in [2.45, 2.75) is 13.8 Å². The fourth-order valence-corrected chi connectivity index (χ4v) is 3.14. The van der Waals surface area contributed by atoms with Crippen LogP contribution in [-0.4, -0.2) is 26.6 Å². The van der Waals surface area contributed by atoms with E-state index in [1.165, 1.54) is 23.9 Å². The largest absolute Gasteiger partial charge is 0.293 e. The Kier molecular flexibility index (Phi) is 4.74. The van der Waals surface area contributed by atoms with E-state index >= 15 is 0 Å². The van der Waals surface area contributed by atoms with Crippen LogP contribution in [0, 0.1) is 16.0 Å². The van der Waals surface area contributed by atoms with Gasteiger partial charge in [0, 0.05) is 18.7 Å². The molecular weight excluding hydrogens is 308 g/mol. The van der Waals surface area contributed by atoms with Crippen LogP contribution in [0.1, 0.15) is 19.4 Å². The third-order valence-electron chi connectivity index (χ3n) is 2.82. The minimum atomic E-state index is -0.452. The van der Waals surface area contributed by atoms with Crippen LogP contribution in [0.25, 0.3) is 6.08 Å². The van der Waals surface area contributed by atoms with Crippen LogP contribution >= 0.6 is 24.0 Å². The first-order valence-corrected chi connectivity index (χ1v) is 7.61. The van der Waals surface area contributed by atoms with Crippen molar-refractivity contribution >= 4 is 46.0 Å². The molecule has 7 heteroatoms. The molecule has 0 radical (unpaired) electrons. The lowest BCUT2D eigenvalue weighted by Crippen LogP contribution is -2.31. The number of non-ortho nitro benzene ring substituents is 1. The maximum absolute atomic E-state index is 12.3. The van der Waals surface area contributed by atoms with Gasteiger partial charge in [0.2, 0.25) is 0 Å². The Bertz CT molecular complexity index is 624. The molecule has 5 nitrogen and oxygen atoms in total. The van der Waals surface area contributed by atoms with Gasteiger partial charge in [0.15, 0.2) is 0 Å². The Labute approximate surface area is 132 Å². The van der Waals surface area contributed by atoms with E-state index in [4.69, 9.17) is 12.2 Å². The molecular formula is C14H14N2O3S2. The Balaban J connectivity index is 2.20. The normalized spacial score (nSPS) is 17.1. The molecule has 1 aliphatic rings. The average molecular weight is 322 g/mol. The summed E-state index contributed by atoms with van der Waals surface area (Å²) >= 11 is 6.49. The van der Waals surface area contributed by atoms with Gasteiger partial charge in [0.05, 0.1) is 9.83 Å². The third-order valence-corrected chi connectivity index (χ3v) is 4.20. The second-order valence-corrected chi connectivity index (χ2v) is 6.71. The lowest BCUT2D eigenvalue weighted by atomic mass is 10.2. The number of nitro groups is 1. The SMILES string of the molecule is CC(C)CN1C(=O)/C(=C\c2ccc([N+](=O)[O-])cc2)SC1=S. The minimum absolute atomic E-state index is 0.0273. The van der Waals surface area contributed by atoms with Gasteiger partial charge >= 0.3 is 0 Å². The third kappa shape index (κ3) is 3.68. The van der Waals surface area contributed by atoms with E-state index in [1.807, 2.05) is 13.8 Å². The van der Waals surface area contributed by atoms with Gasteiger partial charge in [-0.15, -0.1) is 0 Å². The van der Waals surface area contributed by atoms with Crippen molar-refractivity contribution in [2.75, 3.05) is 6.54 Å². The summed E-state index contributed by atoms with van der Waals surface area (Å²) in [6.45, 7) is 4.65. The van der Waals surface area contributed by atoms with Crippen LogP contribution < -0.4 is 0 Å². The monoisotopic (exact) mass is 322 g/mol. The molecule has 0 unspecified atom stereocenters. The number of nitro benzene ring substituents is 1. The Morgan fingerprint density at radius 2 is 2.00 bits per heavy atom. The van der Waals surface area contributed by atoms with Gasteiger partial charge in [-0.1, -0.05) is 37.8 Å². The number of rotatable bonds is 4. The van der Waals surface area contributed by atoms with Gasteiger partial charge in [-0.3, -0.25) is 19.8 Å². The number of carbonyl (C=O) groups is 1. The molecule has 0 spiro atoms. The molecule has 1 heterocycles. The van der Waals surface area contributed by atoms with Gasteiger partial charge in [-0.05, 0) is 29.7 Å². The van der Waals surface area contributed by atoms with Crippen LogP contribution in [-0.2, 0) is 4.79 Å². The molecule has 1 aliphatic heterocycles. The lowest BCUT2D eigenvalue weighted by molar-refractivity contribution is -0.384. The quantitative estimate of drug-likeness (QED) is 0.368. The van der Waals surface area contributed by atoms with E-state index in [-0.39, 0.29) is 11.6 Å². The molecule has 21 heavy (non-hydrogen) atoms. The van der Waals surface area contributed by atoms with Crippen molar-refractivity contribution < 1.29 is 9.72 Å². The van der Waals surface area contributed by atoms with E-state index in [0.29, 0.717) is 21.7 Å². The number of carbonyl (C=O) groups excluding carboxylic acids is 1. The first-order valence-electron chi connectivity index (χ1n) is 6.38. The number of benzene rings is 1. The summed E-state index contributed by atoms with van der Waals surface area (Å²) in [6.07, 6.45) is 1.71. The molecule has 2 rings (SSSR count). The summed E-state index contributed by atoms with van der Waals surface area (Å²) in [5.41, 5.74) is 0.769. The summed E-state index contributed by atoms with van der Waals surface area (Å²) < 4.78 is 0.557. The van der Waals surface area contributed by atoms with E-state index in [0.717, 1.165) is 5.56 Å². The number of hydrogen-bond acceptors (Lipinski definition) is 5. The zero-order valence-electron chi connectivity index (χ0n) is 11.6. The maximum Gasteiger partial charge on any atom is 0.269 e. The second kappa shape index (κ2) is 6.36. The molecule has 110 valence electrons. The molecule has 0 aromatic heterocycles. The summed E-state index contributed by atoms with van der Waals surface area (Å²) in [6, 6.07) is 6.07. The van der Waals surface area contributed by atoms with E-state index in [1.54, 1.807) is 23.1 Å². The predicted molar refractivity (Wildman–Crippen MR) is 87.8 cm³/mol. The molecule has 0 bridgehead atoms. The van der Waals surface area contributed by atoms with Gasteiger partial charge in [0.1, 0.15) is 4.32 Å². The summed E-state index contributed by atoms with van der Waals surface area (Å²) in [5, 5.41) is 10.6. The van der Waals surface area contributed by atoms with E-state index < -0.39 is 4.92 Å². The highest BCUT2D eigenvalue weighted by Gasteiger charge is 2.32. The van der Waals surface area contributed by atoms with Gasteiger partial charge in [0.25, 0.3) is 11.6 Å². The van der Waals surface area contributed by atoms with Crippen LogP contribution in [0.15, 0.2) is 29.2 Å². The minimum Gasteiger partial charge on any atom is -0.293 e.